The minimum absolute atomic E-state index is 0.211. The van der Waals surface area contributed by atoms with Crippen LogP contribution in [0.3, 0.4) is 0 Å². The predicted octanol–water partition coefficient (Wildman–Crippen LogP) is 3.42. The Morgan fingerprint density at radius 1 is 1.15 bits per heavy atom. The maximum Gasteiger partial charge on any atom is 0.340 e. The zero-order valence-electron chi connectivity index (χ0n) is 15.7. The minimum atomic E-state index is -0.489. The van der Waals surface area contributed by atoms with Crippen molar-refractivity contribution in [2.24, 2.45) is 0 Å². The molecule has 0 atom stereocenters. The van der Waals surface area contributed by atoms with Crippen molar-refractivity contribution < 1.29 is 14.3 Å². The Balaban J connectivity index is 2.27. The van der Waals surface area contributed by atoms with Crippen molar-refractivity contribution in [2.45, 2.75) is 40.2 Å². The number of carbonyl (C=O) groups is 2. The fraction of sp³-hybridized carbons (Fsp3) is 0.368. The molecular formula is C19H24N4O3. The van der Waals surface area contributed by atoms with Crippen LogP contribution in [0, 0.1) is 6.92 Å². The standard InChI is InChI=1S/C19H24N4O3/c1-6-26-17(25)13-9-7-8-10-14(13)21-16(24)15-11-12(2)20-18(22-15)23-19(3,4)5/h7-11H,6H2,1-5H3,(H,21,24)(H,20,22,23). The molecule has 1 aromatic carbocycles. The molecule has 0 fully saturated rings. The molecule has 2 N–H and O–H groups in total. The zero-order valence-corrected chi connectivity index (χ0v) is 15.7. The number of nitrogens with one attached hydrogen (secondary N) is 2. The van der Waals surface area contributed by atoms with Crippen molar-refractivity contribution >= 4 is 23.5 Å². The van der Waals surface area contributed by atoms with Crippen LogP contribution in [0.2, 0.25) is 0 Å². The monoisotopic (exact) mass is 356 g/mol. The molecule has 7 heteroatoms. The number of hydrogen-bond acceptors (Lipinski definition) is 6. The summed E-state index contributed by atoms with van der Waals surface area (Å²) in [5.41, 5.74) is 1.30. The van der Waals surface area contributed by atoms with Crippen molar-refractivity contribution in [1.29, 1.82) is 0 Å². The largest absolute Gasteiger partial charge is 0.462 e. The fourth-order valence-electron chi connectivity index (χ4n) is 2.24. The van der Waals surface area contributed by atoms with E-state index in [0.29, 0.717) is 22.9 Å². The Bertz CT molecular complexity index is 813. The normalized spacial score (nSPS) is 11.0. The third-order valence-electron chi connectivity index (χ3n) is 3.24. The lowest BCUT2D eigenvalue weighted by Crippen LogP contribution is -2.28. The molecule has 0 radical (unpaired) electrons. The van der Waals surface area contributed by atoms with Crippen molar-refractivity contribution in [1.82, 2.24) is 9.97 Å². The molecule has 0 spiro atoms. The van der Waals surface area contributed by atoms with Crippen LogP contribution in [-0.2, 0) is 4.74 Å². The molecule has 0 aliphatic heterocycles. The van der Waals surface area contributed by atoms with Gasteiger partial charge < -0.3 is 15.4 Å². The second-order valence-electron chi connectivity index (χ2n) is 6.81. The van der Waals surface area contributed by atoms with Gasteiger partial charge in [-0.2, -0.15) is 0 Å². The van der Waals surface area contributed by atoms with Gasteiger partial charge in [0, 0.05) is 11.2 Å². The smallest absolute Gasteiger partial charge is 0.340 e. The number of anilines is 2. The highest BCUT2D eigenvalue weighted by atomic mass is 16.5. The van der Waals surface area contributed by atoms with Crippen LogP contribution in [-0.4, -0.2) is 34.0 Å². The van der Waals surface area contributed by atoms with E-state index >= 15 is 0 Å². The maximum absolute atomic E-state index is 12.6. The molecular weight excluding hydrogens is 332 g/mol. The first kappa shape index (κ1) is 19.4. The van der Waals surface area contributed by atoms with E-state index in [1.54, 1.807) is 44.2 Å². The number of rotatable bonds is 5. The summed E-state index contributed by atoms with van der Waals surface area (Å²) in [5.74, 6) is -0.539. The van der Waals surface area contributed by atoms with Gasteiger partial charge in [-0.15, -0.1) is 0 Å². The van der Waals surface area contributed by atoms with E-state index in [9.17, 15) is 9.59 Å². The lowest BCUT2D eigenvalue weighted by molar-refractivity contribution is 0.0527. The number of ether oxygens (including phenoxy) is 1. The highest BCUT2D eigenvalue weighted by Crippen LogP contribution is 2.18. The molecule has 0 aliphatic carbocycles. The van der Waals surface area contributed by atoms with Crippen LogP contribution in [0.4, 0.5) is 11.6 Å². The number of hydrogen-bond donors (Lipinski definition) is 2. The van der Waals surface area contributed by atoms with E-state index < -0.39 is 11.9 Å². The van der Waals surface area contributed by atoms with Crippen LogP contribution >= 0.6 is 0 Å². The minimum Gasteiger partial charge on any atom is -0.462 e. The van der Waals surface area contributed by atoms with E-state index in [1.807, 2.05) is 20.8 Å². The van der Waals surface area contributed by atoms with E-state index in [0.717, 1.165) is 0 Å². The van der Waals surface area contributed by atoms with E-state index in [2.05, 4.69) is 20.6 Å². The van der Waals surface area contributed by atoms with Crippen molar-refractivity contribution in [3.05, 3.63) is 47.3 Å². The maximum atomic E-state index is 12.6. The molecule has 138 valence electrons. The third-order valence-corrected chi connectivity index (χ3v) is 3.24. The number of esters is 1. The lowest BCUT2D eigenvalue weighted by atomic mass is 10.1. The van der Waals surface area contributed by atoms with Crippen LogP contribution in [0.1, 0.15) is 54.2 Å². The highest BCUT2D eigenvalue weighted by Gasteiger charge is 2.18. The molecule has 26 heavy (non-hydrogen) atoms. The lowest BCUT2D eigenvalue weighted by Gasteiger charge is -2.21. The van der Waals surface area contributed by atoms with Crippen molar-refractivity contribution in [2.75, 3.05) is 17.2 Å². The Morgan fingerprint density at radius 2 is 1.85 bits per heavy atom. The van der Waals surface area contributed by atoms with E-state index in [4.69, 9.17) is 4.74 Å². The first-order valence-corrected chi connectivity index (χ1v) is 8.41. The Kier molecular flexibility index (Phi) is 5.92. The van der Waals surface area contributed by atoms with E-state index in [1.165, 1.54) is 0 Å². The molecule has 7 nitrogen and oxygen atoms in total. The molecule has 1 heterocycles. The quantitative estimate of drug-likeness (QED) is 0.797. The number of aromatic nitrogens is 2. The Morgan fingerprint density at radius 3 is 2.50 bits per heavy atom. The van der Waals surface area contributed by atoms with Gasteiger partial charge in [-0.3, -0.25) is 4.79 Å². The molecule has 2 aromatic rings. The van der Waals surface area contributed by atoms with Gasteiger partial charge in [0.1, 0.15) is 5.69 Å². The van der Waals surface area contributed by atoms with E-state index in [-0.39, 0.29) is 17.8 Å². The summed E-state index contributed by atoms with van der Waals surface area (Å²) < 4.78 is 5.02. The average molecular weight is 356 g/mol. The predicted molar refractivity (Wildman–Crippen MR) is 100 cm³/mol. The SMILES string of the molecule is CCOC(=O)c1ccccc1NC(=O)c1cc(C)nc(NC(C)(C)C)n1. The van der Waals surface area contributed by atoms with Crippen LogP contribution in [0.15, 0.2) is 30.3 Å². The summed E-state index contributed by atoms with van der Waals surface area (Å²) in [6, 6.07) is 8.28. The first-order chi connectivity index (χ1) is 12.2. The van der Waals surface area contributed by atoms with Gasteiger partial charge in [0.05, 0.1) is 17.9 Å². The van der Waals surface area contributed by atoms with Gasteiger partial charge >= 0.3 is 5.97 Å². The van der Waals surface area contributed by atoms with Gasteiger partial charge in [-0.25, -0.2) is 14.8 Å². The highest BCUT2D eigenvalue weighted by molar-refractivity contribution is 6.07. The number of carbonyl (C=O) groups excluding carboxylic acids is 2. The van der Waals surface area contributed by atoms with Crippen LogP contribution < -0.4 is 10.6 Å². The summed E-state index contributed by atoms with van der Waals surface area (Å²) in [6.45, 7) is 9.72. The number of para-hydroxylation sites is 1. The number of amides is 1. The van der Waals surface area contributed by atoms with Gasteiger partial charge in [0.2, 0.25) is 5.95 Å². The van der Waals surface area contributed by atoms with Gasteiger partial charge in [-0.1, -0.05) is 12.1 Å². The summed E-state index contributed by atoms with van der Waals surface area (Å²) >= 11 is 0. The average Bonchev–Trinajstić information content (AvgIpc) is 2.53. The summed E-state index contributed by atoms with van der Waals surface area (Å²) in [4.78, 5) is 33.3. The van der Waals surface area contributed by atoms with Crippen molar-refractivity contribution in [3.8, 4) is 0 Å². The topological polar surface area (TPSA) is 93.2 Å². The van der Waals surface area contributed by atoms with Gasteiger partial charge in [0.15, 0.2) is 0 Å². The summed E-state index contributed by atoms with van der Waals surface area (Å²) in [6.07, 6.45) is 0. The summed E-state index contributed by atoms with van der Waals surface area (Å²) in [5, 5.41) is 5.88. The number of nitrogens with zero attached hydrogens (tertiary/aromatic N) is 2. The molecule has 1 aromatic heterocycles. The van der Waals surface area contributed by atoms with Crippen LogP contribution in [0.25, 0.3) is 0 Å². The number of aryl methyl sites for hydroxylation is 1. The van der Waals surface area contributed by atoms with Gasteiger partial charge in [0.25, 0.3) is 5.91 Å². The first-order valence-electron chi connectivity index (χ1n) is 8.41. The summed E-state index contributed by atoms with van der Waals surface area (Å²) in [7, 11) is 0. The number of benzene rings is 1. The Hall–Kier alpha value is -2.96. The molecule has 0 aliphatic rings. The van der Waals surface area contributed by atoms with Crippen molar-refractivity contribution in [3.63, 3.8) is 0 Å². The molecule has 0 unspecified atom stereocenters. The van der Waals surface area contributed by atoms with Crippen LogP contribution in [0.5, 0.6) is 0 Å². The zero-order chi connectivity index (χ0) is 19.3. The molecule has 1 amide bonds. The molecule has 0 saturated heterocycles. The third kappa shape index (κ3) is 5.27. The second-order valence-corrected chi connectivity index (χ2v) is 6.81. The molecule has 0 saturated carbocycles. The molecule has 0 bridgehead atoms. The Labute approximate surface area is 153 Å². The van der Waals surface area contributed by atoms with Gasteiger partial charge in [-0.05, 0) is 52.8 Å². The second kappa shape index (κ2) is 7.95. The fourth-order valence-corrected chi connectivity index (χ4v) is 2.24. The molecule has 2 rings (SSSR count).